The van der Waals surface area contributed by atoms with Crippen LogP contribution in [-0.4, -0.2) is 72.7 Å². The standard InChI is InChI=1S/C29H42N2O6/c1-19(32)30-20-12-14-31(16-20)26(34)15-22-23(33)9-10-24-28(22,2)13-11-25-29(24,3)18-36-27(37-25)17-35-21-7-5-4-6-8-21/h4-8,20,22-25,27,33H,9-18H2,1-3H3,(H,30,32)/t20-,22+,23+,24+,25+,27+,28-,29-/m0/s1. The van der Waals surface area contributed by atoms with Crippen molar-refractivity contribution in [2.75, 3.05) is 26.3 Å². The fourth-order valence-corrected chi connectivity index (χ4v) is 7.76. The predicted molar refractivity (Wildman–Crippen MR) is 138 cm³/mol. The SMILES string of the molecule is CC(=O)N[C@H]1CCN(C(=O)C[C@@H]2[C@H](O)CC[C@H]3[C@]4(C)CO[C@@H](COc5ccccc5)O[C@@H]4CC[C@]32C)C1. The molecule has 0 aromatic heterocycles. The van der Waals surface area contributed by atoms with Crippen molar-refractivity contribution in [2.24, 2.45) is 22.7 Å². The molecule has 2 saturated carbocycles. The van der Waals surface area contributed by atoms with Crippen molar-refractivity contribution in [3.63, 3.8) is 0 Å². The first-order chi connectivity index (χ1) is 17.7. The van der Waals surface area contributed by atoms with Crippen LogP contribution in [0.3, 0.4) is 0 Å². The number of aliphatic hydroxyl groups is 1. The van der Waals surface area contributed by atoms with Gasteiger partial charge in [-0.3, -0.25) is 9.59 Å². The number of likely N-dealkylation sites (tertiary alicyclic amines) is 1. The number of para-hydroxylation sites is 1. The number of nitrogens with zero attached hydrogens (tertiary/aromatic N) is 1. The molecule has 1 aromatic carbocycles. The molecule has 4 aliphatic rings. The Morgan fingerprint density at radius 1 is 1.14 bits per heavy atom. The lowest BCUT2D eigenvalue weighted by Gasteiger charge is -2.63. The summed E-state index contributed by atoms with van der Waals surface area (Å²) in [4.78, 5) is 26.6. The molecule has 37 heavy (non-hydrogen) atoms. The zero-order chi connectivity index (χ0) is 26.2. The lowest BCUT2D eigenvalue weighted by molar-refractivity contribution is -0.313. The second-order valence-electron chi connectivity index (χ2n) is 12.1. The second-order valence-corrected chi connectivity index (χ2v) is 12.1. The second kappa shape index (κ2) is 10.5. The largest absolute Gasteiger partial charge is 0.488 e. The van der Waals surface area contributed by atoms with E-state index in [-0.39, 0.29) is 40.7 Å². The lowest BCUT2D eigenvalue weighted by atomic mass is 9.46. The van der Waals surface area contributed by atoms with Gasteiger partial charge in [-0.05, 0) is 61.5 Å². The van der Waals surface area contributed by atoms with Gasteiger partial charge in [-0.2, -0.15) is 0 Å². The van der Waals surface area contributed by atoms with E-state index in [0.29, 0.717) is 45.1 Å². The Labute approximate surface area is 220 Å². The van der Waals surface area contributed by atoms with Gasteiger partial charge in [-0.25, -0.2) is 0 Å². The highest BCUT2D eigenvalue weighted by molar-refractivity contribution is 5.77. The maximum atomic E-state index is 13.3. The van der Waals surface area contributed by atoms with Crippen LogP contribution in [0, 0.1) is 22.7 Å². The van der Waals surface area contributed by atoms with Crippen LogP contribution in [0.2, 0.25) is 0 Å². The Hall–Kier alpha value is -2.16. The quantitative estimate of drug-likeness (QED) is 0.606. The highest BCUT2D eigenvalue weighted by Crippen LogP contribution is 2.62. The Morgan fingerprint density at radius 2 is 1.92 bits per heavy atom. The van der Waals surface area contributed by atoms with E-state index in [1.807, 2.05) is 35.2 Å². The van der Waals surface area contributed by atoms with Crippen LogP contribution in [-0.2, 0) is 19.1 Å². The molecular formula is C29H42N2O6. The molecule has 204 valence electrons. The number of benzene rings is 1. The molecule has 2 amide bonds. The van der Waals surface area contributed by atoms with Crippen LogP contribution < -0.4 is 10.1 Å². The molecule has 8 atom stereocenters. The minimum atomic E-state index is -0.489. The van der Waals surface area contributed by atoms with Crippen LogP contribution in [0.15, 0.2) is 30.3 Å². The van der Waals surface area contributed by atoms with Crippen molar-refractivity contribution in [1.29, 1.82) is 0 Å². The average Bonchev–Trinajstić information content (AvgIpc) is 3.33. The van der Waals surface area contributed by atoms with Gasteiger partial charge in [0, 0.05) is 37.9 Å². The minimum absolute atomic E-state index is 0.0192. The van der Waals surface area contributed by atoms with Gasteiger partial charge in [0.1, 0.15) is 12.4 Å². The predicted octanol–water partition coefficient (Wildman–Crippen LogP) is 3.13. The summed E-state index contributed by atoms with van der Waals surface area (Å²) >= 11 is 0. The number of hydrogen-bond acceptors (Lipinski definition) is 6. The van der Waals surface area contributed by atoms with Gasteiger partial charge < -0.3 is 29.5 Å². The van der Waals surface area contributed by atoms with Crippen molar-refractivity contribution < 1.29 is 28.9 Å². The zero-order valence-corrected chi connectivity index (χ0v) is 22.4. The molecular weight excluding hydrogens is 472 g/mol. The fraction of sp³-hybridized carbons (Fsp3) is 0.724. The summed E-state index contributed by atoms with van der Waals surface area (Å²) in [5, 5.41) is 14.1. The molecule has 2 aliphatic carbocycles. The molecule has 0 spiro atoms. The normalized spacial score (nSPS) is 39.4. The van der Waals surface area contributed by atoms with Gasteiger partial charge in [0.15, 0.2) is 6.29 Å². The number of hydrogen-bond donors (Lipinski definition) is 2. The van der Waals surface area contributed by atoms with E-state index in [1.54, 1.807) is 0 Å². The van der Waals surface area contributed by atoms with Crippen LogP contribution in [0.1, 0.15) is 59.3 Å². The number of aliphatic hydroxyl groups excluding tert-OH is 1. The van der Waals surface area contributed by atoms with Crippen molar-refractivity contribution in [3.8, 4) is 5.75 Å². The van der Waals surface area contributed by atoms with E-state index in [1.165, 1.54) is 6.92 Å². The van der Waals surface area contributed by atoms with Crippen LogP contribution in [0.5, 0.6) is 5.75 Å². The first kappa shape index (κ1) is 26.4. The Kier molecular flexibility index (Phi) is 7.53. The number of carbonyl (C=O) groups is 2. The van der Waals surface area contributed by atoms with Gasteiger partial charge in [-0.15, -0.1) is 0 Å². The summed E-state index contributed by atoms with van der Waals surface area (Å²) in [6, 6.07) is 9.72. The van der Waals surface area contributed by atoms with E-state index in [0.717, 1.165) is 31.4 Å². The number of ether oxygens (including phenoxy) is 3. The minimum Gasteiger partial charge on any atom is -0.488 e. The Morgan fingerprint density at radius 3 is 2.68 bits per heavy atom. The van der Waals surface area contributed by atoms with Crippen molar-refractivity contribution in [3.05, 3.63) is 30.3 Å². The van der Waals surface area contributed by atoms with Crippen molar-refractivity contribution in [1.82, 2.24) is 10.2 Å². The fourth-order valence-electron chi connectivity index (χ4n) is 7.76. The molecule has 0 radical (unpaired) electrons. The van der Waals surface area contributed by atoms with E-state index in [4.69, 9.17) is 14.2 Å². The number of nitrogens with one attached hydrogen (secondary N) is 1. The molecule has 2 aliphatic heterocycles. The summed E-state index contributed by atoms with van der Waals surface area (Å²) in [6.45, 7) is 8.19. The summed E-state index contributed by atoms with van der Waals surface area (Å²) in [5.41, 5.74) is -0.350. The lowest BCUT2D eigenvalue weighted by Crippen LogP contribution is -2.63. The number of rotatable bonds is 6. The summed E-state index contributed by atoms with van der Waals surface area (Å²) in [5.74, 6) is 1.01. The molecule has 2 heterocycles. The van der Waals surface area contributed by atoms with Crippen LogP contribution >= 0.6 is 0 Å². The van der Waals surface area contributed by atoms with Gasteiger partial charge in [-0.1, -0.05) is 32.0 Å². The first-order valence-electron chi connectivity index (χ1n) is 13.9. The summed E-state index contributed by atoms with van der Waals surface area (Å²) < 4.78 is 18.6. The first-order valence-corrected chi connectivity index (χ1v) is 13.9. The highest BCUT2D eigenvalue weighted by atomic mass is 16.7. The molecule has 0 unspecified atom stereocenters. The topological polar surface area (TPSA) is 97.3 Å². The van der Waals surface area contributed by atoms with Gasteiger partial charge >= 0.3 is 0 Å². The average molecular weight is 515 g/mol. The Balaban J connectivity index is 1.23. The Bertz CT molecular complexity index is 974. The third-order valence-electron chi connectivity index (χ3n) is 9.70. The smallest absolute Gasteiger partial charge is 0.223 e. The molecule has 1 aromatic rings. The third kappa shape index (κ3) is 5.25. The zero-order valence-electron chi connectivity index (χ0n) is 22.4. The van der Waals surface area contributed by atoms with E-state index in [2.05, 4.69) is 19.2 Å². The molecule has 2 saturated heterocycles. The van der Waals surface area contributed by atoms with Crippen molar-refractivity contribution in [2.45, 2.75) is 83.8 Å². The molecule has 8 nitrogen and oxygen atoms in total. The third-order valence-corrected chi connectivity index (χ3v) is 9.70. The number of carbonyl (C=O) groups excluding carboxylic acids is 2. The molecule has 5 rings (SSSR count). The summed E-state index contributed by atoms with van der Waals surface area (Å²) in [6.07, 6.45) is 3.68. The monoisotopic (exact) mass is 514 g/mol. The van der Waals surface area contributed by atoms with Crippen LogP contribution in [0.25, 0.3) is 0 Å². The molecule has 0 bridgehead atoms. The number of amides is 2. The van der Waals surface area contributed by atoms with Gasteiger partial charge in [0.25, 0.3) is 0 Å². The van der Waals surface area contributed by atoms with Gasteiger partial charge in [0.2, 0.25) is 11.8 Å². The van der Waals surface area contributed by atoms with E-state index < -0.39 is 12.4 Å². The van der Waals surface area contributed by atoms with Crippen molar-refractivity contribution >= 4 is 11.8 Å². The number of fused-ring (bicyclic) bond motifs is 3. The molecule has 4 fully saturated rings. The van der Waals surface area contributed by atoms with E-state index in [9.17, 15) is 14.7 Å². The summed E-state index contributed by atoms with van der Waals surface area (Å²) in [7, 11) is 0. The van der Waals surface area contributed by atoms with E-state index >= 15 is 0 Å². The maximum absolute atomic E-state index is 13.3. The highest BCUT2D eigenvalue weighted by Gasteiger charge is 2.61. The molecule has 2 N–H and O–H groups in total. The molecule has 8 heteroatoms. The van der Waals surface area contributed by atoms with Crippen LogP contribution in [0.4, 0.5) is 0 Å². The van der Waals surface area contributed by atoms with Gasteiger partial charge in [0.05, 0.1) is 18.8 Å². The maximum Gasteiger partial charge on any atom is 0.223 e.